The summed E-state index contributed by atoms with van der Waals surface area (Å²) in [6.45, 7) is -0.0450. The number of carbonyl (C=O) groups is 1. The summed E-state index contributed by atoms with van der Waals surface area (Å²) in [6, 6.07) is 11.3. The molecule has 0 bridgehead atoms. The summed E-state index contributed by atoms with van der Waals surface area (Å²) in [5, 5.41) is 2.71. The van der Waals surface area contributed by atoms with Crippen LogP contribution < -0.4 is 15.8 Å². The van der Waals surface area contributed by atoms with Crippen LogP contribution in [0, 0.1) is 0 Å². The van der Waals surface area contributed by atoms with Crippen molar-refractivity contribution in [2.24, 2.45) is 0 Å². The van der Waals surface area contributed by atoms with Crippen LogP contribution in [0.1, 0.15) is 16.6 Å². The Kier molecular flexibility index (Phi) is 7.74. The lowest BCUT2D eigenvalue weighted by molar-refractivity contribution is -0.118. The third-order valence-electron chi connectivity index (χ3n) is 3.42. The van der Waals surface area contributed by atoms with Crippen molar-refractivity contribution in [3.05, 3.63) is 48.2 Å². The third-order valence-corrected chi connectivity index (χ3v) is 6.43. The van der Waals surface area contributed by atoms with Gasteiger partial charge in [-0.1, -0.05) is 12.1 Å². The number of nitrogens with one attached hydrogen (secondary N) is 1. The second-order valence-corrected chi connectivity index (χ2v) is 8.03. The van der Waals surface area contributed by atoms with Crippen LogP contribution in [0.25, 0.3) is 0 Å². The Morgan fingerprint density at radius 2 is 1.92 bits per heavy atom. The molecular weight excluding hydrogens is 378 g/mol. The average molecular weight is 398 g/mol. The number of nitrogen functional groups attached to an aromatic ring is 1. The zero-order valence-electron chi connectivity index (χ0n) is 13.5. The van der Waals surface area contributed by atoms with Gasteiger partial charge in [0.2, 0.25) is 0 Å². The lowest BCUT2D eigenvalue weighted by Gasteiger charge is -2.21. The van der Waals surface area contributed by atoms with Crippen molar-refractivity contribution in [1.82, 2.24) is 4.98 Å². The minimum absolute atomic E-state index is 0. The van der Waals surface area contributed by atoms with Gasteiger partial charge in [0.05, 0.1) is 16.5 Å². The Bertz CT molecular complexity index is 677. The fraction of sp³-hybridized carbons (Fsp3) is 0.294. The zero-order valence-corrected chi connectivity index (χ0v) is 16.0. The first kappa shape index (κ1) is 19.8. The fourth-order valence-electron chi connectivity index (χ4n) is 2.23. The number of amides is 1. The molecule has 0 aliphatic carbocycles. The number of carbonyl (C=O) groups excluding carboxylic acids is 1. The molecule has 3 N–H and O–H groups in total. The first-order valence-electron chi connectivity index (χ1n) is 7.68. The molecule has 1 aromatic heterocycles. The van der Waals surface area contributed by atoms with Crippen LogP contribution >= 0.6 is 35.9 Å². The normalized spacial score (nSPS) is 14.4. The molecule has 2 aromatic rings. The summed E-state index contributed by atoms with van der Waals surface area (Å²) in [7, 11) is 0. The van der Waals surface area contributed by atoms with Crippen LogP contribution in [0.5, 0.6) is 5.75 Å². The minimum atomic E-state index is -0.232. The van der Waals surface area contributed by atoms with E-state index in [9.17, 15) is 4.79 Å². The topological polar surface area (TPSA) is 77.2 Å². The van der Waals surface area contributed by atoms with Gasteiger partial charge in [0.15, 0.2) is 6.61 Å². The van der Waals surface area contributed by atoms with Crippen molar-refractivity contribution in [3.8, 4) is 5.75 Å². The van der Waals surface area contributed by atoms with E-state index in [4.69, 9.17) is 10.5 Å². The predicted molar refractivity (Wildman–Crippen MR) is 109 cm³/mol. The summed E-state index contributed by atoms with van der Waals surface area (Å²) in [5.74, 6) is 3.31. The Morgan fingerprint density at radius 3 is 2.56 bits per heavy atom. The maximum atomic E-state index is 11.9. The van der Waals surface area contributed by atoms with Crippen molar-refractivity contribution >= 4 is 53.3 Å². The van der Waals surface area contributed by atoms with E-state index in [-0.39, 0.29) is 24.9 Å². The number of nitrogens with zero attached hydrogens (tertiary/aromatic N) is 1. The van der Waals surface area contributed by atoms with Gasteiger partial charge in [0.25, 0.3) is 5.91 Å². The molecule has 0 spiro atoms. The molecule has 2 heterocycles. The Balaban J connectivity index is 0.00000225. The van der Waals surface area contributed by atoms with Crippen molar-refractivity contribution < 1.29 is 9.53 Å². The quantitative estimate of drug-likeness (QED) is 0.794. The van der Waals surface area contributed by atoms with Gasteiger partial charge in [-0.3, -0.25) is 4.79 Å². The molecule has 3 rings (SSSR count). The lowest BCUT2D eigenvalue weighted by Crippen LogP contribution is -2.20. The fourth-order valence-corrected chi connectivity index (χ4v) is 5.12. The van der Waals surface area contributed by atoms with E-state index < -0.39 is 0 Å². The summed E-state index contributed by atoms with van der Waals surface area (Å²) in [5.41, 5.74) is 7.40. The van der Waals surface area contributed by atoms with Crippen LogP contribution in [-0.4, -0.2) is 29.0 Å². The largest absolute Gasteiger partial charge is 0.484 e. The number of rotatable bonds is 5. The molecule has 5 nitrogen and oxygen atoms in total. The number of ether oxygens (including phenoxy) is 1. The highest BCUT2D eigenvalue weighted by Gasteiger charge is 2.16. The maximum Gasteiger partial charge on any atom is 0.262 e. The molecule has 0 atom stereocenters. The van der Waals surface area contributed by atoms with Gasteiger partial charge >= 0.3 is 0 Å². The first-order valence-corrected chi connectivity index (χ1v) is 9.78. The molecule has 0 saturated carbocycles. The monoisotopic (exact) mass is 397 g/mol. The van der Waals surface area contributed by atoms with E-state index in [0.717, 1.165) is 0 Å². The number of pyridine rings is 1. The third kappa shape index (κ3) is 6.02. The lowest BCUT2D eigenvalue weighted by atomic mass is 10.2. The molecule has 134 valence electrons. The molecule has 1 aromatic carbocycles. The van der Waals surface area contributed by atoms with Crippen LogP contribution in [0.2, 0.25) is 0 Å². The highest BCUT2D eigenvalue weighted by molar-refractivity contribution is 8.16. The van der Waals surface area contributed by atoms with Crippen LogP contribution in [0.3, 0.4) is 0 Å². The van der Waals surface area contributed by atoms with Gasteiger partial charge in [0.1, 0.15) is 11.6 Å². The van der Waals surface area contributed by atoms with Gasteiger partial charge in [-0.05, 0) is 47.8 Å². The average Bonchev–Trinajstić information content (AvgIpc) is 2.63. The molecule has 1 fully saturated rings. The number of nitrogens with two attached hydrogens (primary N) is 1. The maximum absolute atomic E-state index is 11.9. The van der Waals surface area contributed by atoms with Crippen LogP contribution in [0.15, 0.2) is 42.6 Å². The first-order chi connectivity index (χ1) is 11.7. The van der Waals surface area contributed by atoms with Crippen molar-refractivity contribution in [3.63, 3.8) is 0 Å². The molecule has 25 heavy (non-hydrogen) atoms. The number of hydrogen-bond donors (Lipinski definition) is 2. The highest BCUT2D eigenvalue weighted by atomic mass is 35.5. The Morgan fingerprint density at radius 1 is 1.20 bits per heavy atom. The Labute approximate surface area is 161 Å². The molecule has 1 aliphatic rings. The summed E-state index contributed by atoms with van der Waals surface area (Å²) >= 11 is 3.97. The number of halogens is 1. The summed E-state index contributed by atoms with van der Waals surface area (Å²) in [6.07, 6.45) is 2.80. The molecule has 0 unspecified atom stereocenters. The second-order valence-electron chi connectivity index (χ2n) is 5.30. The predicted octanol–water partition coefficient (Wildman–Crippen LogP) is 3.97. The van der Waals surface area contributed by atoms with E-state index in [1.54, 1.807) is 12.1 Å². The number of anilines is 2. The number of thioether (sulfide) groups is 2. The van der Waals surface area contributed by atoms with E-state index in [0.29, 0.717) is 21.8 Å². The Hall–Kier alpha value is -1.57. The van der Waals surface area contributed by atoms with Gasteiger partial charge in [-0.15, -0.1) is 35.9 Å². The van der Waals surface area contributed by atoms with E-state index in [1.807, 2.05) is 35.7 Å². The van der Waals surface area contributed by atoms with Crippen molar-refractivity contribution in [1.29, 1.82) is 0 Å². The molecule has 0 radical (unpaired) electrons. The second kappa shape index (κ2) is 9.79. The smallest absolute Gasteiger partial charge is 0.262 e. The molecule has 8 heteroatoms. The van der Waals surface area contributed by atoms with Gasteiger partial charge in [-0.25, -0.2) is 4.98 Å². The van der Waals surface area contributed by atoms with Crippen molar-refractivity contribution in [2.75, 3.05) is 29.2 Å². The molecule has 1 aliphatic heterocycles. The van der Waals surface area contributed by atoms with Crippen LogP contribution in [0.4, 0.5) is 11.5 Å². The zero-order chi connectivity index (χ0) is 16.8. The molecular formula is C17H20ClN3O2S2. The summed E-state index contributed by atoms with van der Waals surface area (Å²) < 4.78 is 6.04. The van der Waals surface area contributed by atoms with E-state index in [2.05, 4.69) is 22.4 Å². The standard InChI is InChI=1S/C17H19N3O2S2.ClH/c18-15-7-4-13(10-19-15)20-16(21)11-22-14-5-2-12(3-6-14)17-23-8-1-9-24-17;/h2-7,10,17H,1,8-9,11H2,(H2,18,19)(H,20,21);1H. The molecule has 1 amide bonds. The van der Waals surface area contributed by atoms with E-state index in [1.165, 1.54) is 29.7 Å². The van der Waals surface area contributed by atoms with Gasteiger partial charge in [-0.2, -0.15) is 0 Å². The highest BCUT2D eigenvalue weighted by Crippen LogP contribution is 2.43. The summed E-state index contributed by atoms with van der Waals surface area (Å²) in [4.78, 5) is 15.8. The number of hydrogen-bond acceptors (Lipinski definition) is 6. The molecule has 1 saturated heterocycles. The van der Waals surface area contributed by atoms with E-state index >= 15 is 0 Å². The van der Waals surface area contributed by atoms with Crippen molar-refractivity contribution in [2.45, 2.75) is 11.0 Å². The minimum Gasteiger partial charge on any atom is -0.484 e. The van der Waals surface area contributed by atoms with Gasteiger partial charge in [0, 0.05) is 0 Å². The number of aromatic nitrogens is 1. The SMILES string of the molecule is Cl.Nc1ccc(NC(=O)COc2ccc(C3SCCCS3)cc2)cn1. The van der Waals surface area contributed by atoms with Gasteiger partial charge < -0.3 is 15.8 Å². The van der Waals surface area contributed by atoms with Crippen LogP contribution in [-0.2, 0) is 4.79 Å². The number of benzene rings is 1.